The van der Waals surface area contributed by atoms with Crippen molar-refractivity contribution in [3.05, 3.63) is 84.2 Å². The van der Waals surface area contributed by atoms with Crippen molar-refractivity contribution in [1.29, 1.82) is 0 Å². The van der Waals surface area contributed by atoms with Gasteiger partial charge in [-0.1, -0.05) is 72.4 Å². The van der Waals surface area contributed by atoms with Crippen LogP contribution in [-0.2, 0) is 6.54 Å². The number of aliphatic hydroxyl groups is 1. The van der Waals surface area contributed by atoms with Gasteiger partial charge in [0.15, 0.2) is 5.16 Å². The van der Waals surface area contributed by atoms with Crippen LogP contribution in [0.25, 0.3) is 10.8 Å². The molecule has 0 aliphatic rings. The Labute approximate surface area is 174 Å². The maximum absolute atomic E-state index is 10.4. The van der Waals surface area contributed by atoms with Gasteiger partial charge < -0.3 is 14.4 Å². The Kier molecular flexibility index (Phi) is 6.12. The average molecular weight is 406 g/mol. The van der Waals surface area contributed by atoms with E-state index in [9.17, 15) is 5.11 Å². The first kappa shape index (κ1) is 19.5. The van der Waals surface area contributed by atoms with Crippen LogP contribution in [0, 0.1) is 6.92 Å². The first-order chi connectivity index (χ1) is 14.2. The molecule has 0 aliphatic carbocycles. The number of thioether (sulfide) groups is 1. The van der Waals surface area contributed by atoms with E-state index in [0.717, 1.165) is 22.1 Å². The highest BCUT2D eigenvalue weighted by Gasteiger charge is 2.13. The van der Waals surface area contributed by atoms with E-state index < -0.39 is 6.10 Å². The Morgan fingerprint density at radius 1 is 0.966 bits per heavy atom. The first-order valence-corrected chi connectivity index (χ1v) is 10.5. The zero-order chi connectivity index (χ0) is 20.1. The summed E-state index contributed by atoms with van der Waals surface area (Å²) in [4.78, 5) is 0. The molecule has 1 N–H and O–H groups in total. The fourth-order valence-corrected chi connectivity index (χ4v) is 3.97. The Bertz CT molecular complexity index is 1080. The summed E-state index contributed by atoms with van der Waals surface area (Å²) in [6, 6.07) is 24.3. The van der Waals surface area contributed by atoms with Gasteiger partial charge in [0, 0.05) is 5.75 Å². The summed E-state index contributed by atoms with van der Waals surface area (Å²) in [5.74, 6) is 2.11. The Balaban J connectivity index is 1.33. The van der Waals surface area contributed by atoms with E-state index in [1.165, 1.54) is 22.7 Å². The molecule has 3 aromatic carbocycles. The van der Waals surface area contributed by atoms with Gasteiger partial charge in [-0.25, -0.2) is 0 Å². The average Bonchev–Trinajstić information content (AvgIpc) is 3.10. The van der Waals surface area contributed by atoms with Crippen LogP contribution in [0.2, 0.25) is 0 Å². The Morgan fingerprint density at radius 3 is 2.55 bits per heavy atom. The van der Waals surface area contributed by atoms with Gasteiger partial charge in [-0.15, -0.1) is 10.2 Å². The summed E-state index contributed by atoms with van der Waals surface area (Å²) in [7, 11) is 0. The third-order valence-corrected chi connectivity index (χ3v) is 5.77. The fourth-order valence-electron chi connectivity index (χ4n) is 3.08. The molecular weight excluding hydrogens is 382 g/mol. The summed E-state index contributed by atoms with van der Waals surface area (Å²) in [5.41, 5.74) is 1.19. The van der Waals surface area contributed by atoms with Crippen molar-refractivity contribution in [2.24, 2.45) is 0 Å². The van der Waals surface area contributed by atoms with E-state index in [1.54, 1.807) is 0 Å². The standard InChI is InChI=1S/C23H23N3O2S/c1-17-24-25-23(26(17)14-18-7-3-2-4-8-18)29-16-21(27)15-28-22-12-11-19-9-5-6-10-20(19)13-22/h2-13,21,27H,14-16H2,1H3. The van der Waals surface area contributed by atoms with Crippen LogP contribution in [-0.4, -0.2) is 38.3 Å². The van der Waals surface area contributed by atoms with Crippen LogP contribution in [0.4, 0.5) is 0 Å². The lowest BCUT2D eigenvalue weighted by atomic mass is 10.1. The molecule has 0 fully saturated rings. The topological polar surface area (TPSA) is 60.2 Å². The minimum absolute atomic E-state index is 0.233. The minimum Gasteiger partial charge on any atom is -0.491 e. The van der Waals surface area contributed by atoms with Gasteiger partial charge in [0.05, 0.1) is 12.6 Å². The largest absolute Gasteiger partial charge is 0.491 e. The molecule has 1 heterocycles. The van der Waals surface area contributed by atoms with Crippen molar-refractivity contribution in [3.8, 4) is 5.75 Å². The molecule has 0 bridgehead atoms. The number of aryl methyl sites for hydroxylation is 1. The number of hydrogen-bond acceptors (Lipinski definition) is 5. The highest BCUT2D eigenvalue weighted by molar-refractivity contribution is 7.99. The Hall–Kier alpha value is -2.83. The van der Waals surface area contributed by atoms with Crippen molar-refractivity contribution in [2.45, 2.75) is 24.7 Å². The smallest absolute Gasteiger partial charge is 0.191 e. The van der Waals surface area contributed by atoms with Gasteiger partial charge >= 0.3 is 0 Å². The molecule has 4 aromatic rings. The van der Waals surface area contributed by atoms with Gasteiger partial charge in [-0.05, 0) is 35.4 Å². The molecule has 0 saturated heterocycles. The number of ether oxygens (including phenoxy) is 1. The predicted molar refractivity (Wildman–Crippen MR) is 116 cm³/mol. The molecule has 1 aromatic heterocycles. The van der Waals surface area contributed by atoms with Gasteiger partial charge in [0.1, 0.15) is 18.2 Å². The number of rotatable bonds is 8. The number of hydrogen-bond donors (Lipinski definition) is 1. The zero-order valence-electron chi connectivity index (χ0n) is 16.2. The quantitative estimate of drug-likeness (QED) is 0.443. The summed E-state index contributed by atoms with van der Waals surface area (Å²) in [5, 5.41) is 21.9. The molecule has 148 valence electrons. The summed E-state index contributed by atoms with van der Waals surface area (Å²) in [6.07, 6.45) is -0.603. The second-order valence-corrected chi connectivity index (χ2v) is 7.87. The number of aromatic nitrogens is 3. The highest BCUT2D eigenvalue weighted by Crippen LogP contribution is 2.22. The van der Waals surface area contributed by atoms with Crippen LogP contribution in [0.3, 0.4) is 0 Å². The first-order valence-electron chi connectivity index (χ1n) is 9.55. The lowest BCUT2D eigenvalue weighted by molar-refractivity contribution is 0.126. The second-order valence-electron chi connectivity index (χ2n) is 6.89. The van der Waals surface area contributed by atoms with E-state index in [1.807, 2.05) is 55.5 Å². The van der Waals surface area contributed by atoms with Gasteiger partial charge in [-0.3, -0.25) is 0 Å². The molecule has 0 amide bonds. The summed E-state index contributed by atoms with van der Waals surface area (Å²) >= 11 is 1.49. The third kappa shape index (κ3) is 4.96. The molecular formula is C23H23N3O2S. The number of aliphatic hydroxyl groups excluding tert-OH is 1. The Morgan fingerprint density at radius 2 is 1.72 bits per heavy atom. The summed E-state index contributed by atoms with van der Waals surface area (Å²) in [6.45, 7) is 2.89. The molecule has 1 unspecified atom stereocenters. The second kappa shape index (κ2) is 9.11. The van der Waals surface area contributed by atoms with Crippen LogP contribution in [0.1, 0.15) is 11.4 Å². The van der Waals surface area contributed by atoms with Crippen LogP contribution < -0.4 is 4.74 Å². The number of benzene rings is 3. The predicted octanol–water partition coefficient (Wildman–Crippen LogP) is 4.32. The van der Waals surface area contributed by atoms with Crippen molar-refractivity contribution in [1.82, 2.24) is 14.8 Å². The van der Waals surface area contributed by atoms with Crippen LogP contribution in [0.15, 0.2) is 78.0 Å². The van der Waals surface area contributed by atoms with E-state index in [2.05, 4.69) is 39.0 Å². The molecule has 6 heteroatoms. The highest BCUT2D eigenvalue weighted by atomic mass is 32.2. The van der Waals surface area contributed by atoms with Gasteiger partial charge in [-0.2, -0.15) is 0 Å². The minimum atomic E-state index is -0.603. The van der Waals surface area contributed by atoms with Gasteiger partial charge in [0.25, 0.3) is 0 Å². The monoisotopic (exact) mass is 405 g/mol. The van der Waals surface area contributed by atoms with Crippen LogP contribution in [0.5, 0.6) is 5.75 Å². The van der Waals surface area contributed by atoms with Crippen molar-refractivity contribution < 1.29 is 9.84 Å². The normalized spacial score (nSPS) is 12.2. The zero-order valence-corrected chi connectivity index (χ0v) is 17.0. The van der Waals surface area contributed by atoms with Gasteiger partial charge in [0.2, 0.25) is 0 Å². The lowest BCUT2D eigenvalue weighted by Crippen LogP contribution is -2.20. The van der Waals surface area contributed by atoms with Crippen LogP contribution >= 0.6 is 11.8 Å². The molecule has 0 spiro atoms. The maximum Gasteiger partial charge on any atom is 0.191 e. The van der Waals surface area contributed by atoms with E-state index >= 15 is 0 Å². The number of nitrogens with zero attached hydrogens (tertiary/aromatic N) is 3. The SMILES string of the molecule is Cc1nnc(SCC(O)COc2ccc3ccccc3c2)n1Cc1ccccc1. The summed E-state index contributed by atoms with van der Waals surface area (Å²) < 4.78 is 7.86. The van der Waals surface area contributed by atoms with Crippen molar-refractivity contribution in [2.75, 3.05) is 12.4 Å². The van der Waals surface area contributed by atoms with E-state index in [4.69, 9.17) is 4.74 Å². The van der Waals surface area contributed by atoms with Crippen molar-refractivity contribution in [3.63, 3.8) is 0 Å². The molecule has 29 heavy (non-hydrogen) atoms. The molecule has 1 atom stereocenters. The lowest BCUT2D eigenvalue weighted by Gasteiger charge is -2.13. The fraction of sp³-hybridized carbons (Fsp3) is 0.217. The molecule has 5 nitrogen and oxygen atoms in total. The van der Waals surface area contributed by atoms with E-state index in [-0.39, 0.29) is 6.61 Å². The maximum atomic E-state index is 10.4. The third-order valence-electron chi connectivity index (χ3n) is 4.65. The van der Waals surface area contributed by atoms with Crippen molar-refractivity contribution >= 4 is 22.5 Å². The van der Waals surface area contributed by atoms with E-state index in [0.29, 0.717) is 12.3 Å². The number of fused-ring (bicyclic) bond motifs is 1. The molecule has 0 aliphatic heterocycles. The molecule has 0 radical (unpaired) electrons. The molecule has 4 rings (SSSR count). The molecule has 0 saturated carbocycles.